The number of rotatable bonds is 5. The number of thioether (sulfide) groups is 1. The molecule has 1 aliphatic heterocycles. The van der Waals surface area contributed by atoms with E-state index in [-0.39, 0.29) is 16.9 Å². The van der Waals surface area contributed by atoms with Crippen molar-refractivity contribution in [3.63, 3.8) is 0 Å². The Balaban J connectivity index is 1.71. The van der Waals surface area contributed by atoms with Crippen molar-refractivity contribution in [2.24, 2.45) is 5.92 Å². The molecule has 1 fully saturated rings. The van der Waals surface area contributed by atoms with Gasteiger partial charge in [0.25, 0.3) is 0 Å². The molecule has 1 aliphatic rings. The number of hydrogen-bond acceptors (Lipinski definition) is 5. The van der Waals surface area contributed by atoms with Crippen molar-refractivity contribution >= 4 is 39.9 Å². The Bertz CT molecular complexity index is 722. The van der Waals surface area contributed by atoms with Gasteiger partial charge in [0, 0.05) is 41.5 Å². The quantitative estimate of drug-likeness (QED) is 0.833. The van der Waals surface area contributed by atoms with Gasteiger partial charge in [-0.1, -0.05) is 11.8 Å². The van der Waals surface area contributed by atoms with Gasteiger partial charge in [0.2, 0.25) is 5.91 Å². The fourth-order valence-corrected chi connectivity index (χ4v) is 4.31. The number of hydrogen-bond donors (Lipinski definition) is 0. The Morgan fingerprint density at radius 1 is 1.43 bits per heavy atom. The summed E-state index contributed by atoms with van der Waals surface area (Å²) >= 11 is 3.05. The van der Waals surface area contributed by atoms with E-state index in [0.717, 1.165) is 5.82 Å². The van der Waals surface area contributed by atoms with Gasteiger partial charge < -0.3 is 0 Å². The van der Waals surface area contributed by atoms with Gasteiger partial charge in [-0.2, -0.15) is 5.10 Å². The average molecular weight is 349 g/mol. The maximum absolute atomic E-state index is 12.3. The van der Waals surface area contributed by atoms with E-state index in [1.54, 1.807) is 29.4 Å². The third kappa shape index (κ3) is 3.84. The molecule has 3 heterocycles. The summed E-state index contributed by atoms with van der Waals surface area (Å²) in [6.45, 7) is 4.99. The van der Waals surface area contributed by atoms with Gasteiger partial charge in [-0.15, -0.1) is 11.3 Å². The van der Waals surface area contributed by atoms with Gasteiger partial charge in [-0.3, -0.25) is 14.5 Å². The highest BCUT2D eigenvalue weighted by Crippen LogP contribution is 2.28. The van der Waals surface area contributed by atoms with Crippen LogP contribution in [0.25, 0.3) is 0 Å². The molecule has 0 spiro atoms. The summed E-state index contributed by atoms with van der Waals surface area (Å²) in [4.78, 5) is 27.7. The number of aromatic nitrogens is 2. The van der Waals surface area contributed by atoms with E-state index in [2.05, 4.69) is 24.2 Å². The fraction of sp³-hybridized carbons (Fsp3) is 0.438. The second-order valence-electron chi connectivity index (χ2n) is 5.74. The average Bonchev–Trinajstić information content (AvgIpc) is 3.18. The molecule has 0 radical (unpaired) electrons. The molecule has 0 saturated carbocycles. The zero-order valence-corrected chi connectivity index (χ0v) is 14.8. The molecule has 0 aliphatic carbocycles. The van der Waals surface area contributed by atoms with Crippen LogP contribution in [-0.4, -0.2) is 33.1 Å². The van der Waals surface area contributed by atoms with Crippen LogP contribution in [0.5, 0.6) is 0 Å². The Morgan fingerprint density at radius 3 is 2.96 bits per heavy atom. The first-order valence-electron chi connectivity index (χ1n) is 7.54. The highest BCUT2D eigenvalue weighted by atomic mass is 32.2. The van der Waals surface area contributed by atoms with Crippen molar-refractivity contribution < 1.29 is 9.59 Å². The molecular weight excluding hydrogens is 330 g/mol. The van der Waals surface area contributed by atoms with Crippen LogP contribution in [0.1, 0.15) is 23.1 Å². The first-order chi connectivity index (χ1) is 11.0. The molecule has 0 bridgehead atoms. The lowest BCUT2D eigenvalue weighted by molar-refractivity contribution is -0.117. The van der Waals surface area contributed by atoms with Crippen LogP contribution < -0.4 is 4.90 Å². The zero-order chi connectivity index (χ0) is 16.4. The topological polar surface area (TPSA) is 55.2 Å². The van der Waals surface area contributed by atoms with Crippen molar-refractivity contribution in [2.75, 3.05) is 17.2 Å². The zero-order valence-electron chi connectivity index (χ0n) is 13.2. The van der Waals surface area contributed by atoms with E-state index in [9.17, 15) is 9.59 Å². The minimum atomic E-state index is 0.106. The van der Waals surface area contributed by atoms with E-state index in [0.29, 0.717) is 25.3 Å². The second kappa shape index (κ2) is 6.88. The number of amides is 1. The lowest BCUT2D eigenvalue weighted by Crippen LogP contribution is -2.27. The maximum Gasteiger partial charge on any atom is 0.228 e. The predicted molar refractivity (Wildman–Crippen MR) is 94.0 cm³/mol. The van der Waals surface area contributed by atoms with Gasteiger partial charge in [-0.05, 0) is 25.0 Å². The van der Waals surface area contributed by atoms with Crippen molar-refractivity contribution in [1.82, 2.24) is 9.78 Å². The SMILES string of the molecule is CC(=O)SCC1CC(=O)N(c2ccnn2Cc2ccc(C)s2)C1. The molecule has 0 aromatic carbocycles. The largest absolute Gasteiger partial charge is 0.297 e. The molecule has 0 N–H and O–H groups in total. The third-order valence-corrected chi connectivity index (χ3v) is 5.83. The lowest BCUT2D eigenvalue weighted by Gasteiger charge is -2.17. The van der Waals surface area contributed by atoms with E-state index >= 15 is 0 Å². The van der Waals surface area contributed by atoms with Gasteiger partial charge >= 0.3 is 0 Å². The number of carbonyl (C=O) groups is 2. The first kappa shape index (κ1) is 16.3. The van der Waals surface area contributed by atoms with E-state index in [1.165, 1.54) is 21.5 Å². The Morgan fingerprint density at radius 2 is 2.26 bits per heavy atom. The molecule has 2 aromatic rings. The van der Waals surface area contributed by atoms with Crippen LogP contribution in [0.2, 0.25) is 0 Å². The minimum Gasteiger partial charge on any atom is -0.297 e. The molecule has 23 heavy (non-hydrogen) atoms. The smallest absolute Gasteiger partial charge is 0.228 e. The molecule has 122 valence electrons. The second-order valence-corrected chi connectivity index (χ2v) is 8.31. The van der Waals surface area contributed by atoms with Crippen LogP contribution in [0.3, 0.4) is 0 Å². The summed E-state index contributed by atoms with van der Waals surface area (Å²) in [5, 5.41) is 4.47. The van der Waals surface area contributed by atoms with E-state index in [1.807, 2.05) is 10.7 Å². The van der Waals surface area contributed by atoms with Crippen molar-refractivity contribution in [3.05, 3.63) is 34.2 Å². The summed E-state index contributed by atoms with van der Waals surface area (Å²) in [5.41, 5.74) is 0. The normalized spacial score (nSPS) is 17.9. The summed E-state index contributed by atoms with van der Waals surface area (Å²) in [6.07, 6.45) is 2.24. The van der Waals surface area contributed by atoms with Gasteiger partial charge in [0.05, 0.1) is 12.7 Å². The first-order valence-corrected chi connectivity index (χ1v) is 9.34. The highest BCUT2D eigenvalue weighted by molar-refractivity contribution is 8.13. The summed E-state index contributed by atoms with van der Waals surface area (Å²) in [5.74, 6) is 1.89. The summed E-state index contributed by atoms with van der Waals surface area (Å²) in [6, 6.07) is 6.08. The molecule has 7 heteroatoms. The maximum atomic E-state index is 12.3. The molecule has 3 rings (SSSR count). The Hall–Kier alpha value is -1.60. The fourth-order valence-electron chi connectivity index (χ4n) is 2.74. The van der Waals surface area contributed by atoms with Crippen LogP contribution in [0.15, 0.2) is 24.4 Å². The van der Waals surface area contributed by atoms with E-state index < -0.39 is 0 Å². The van der Waals surface area contributed by atoms with Gasteiger partial charge in [0.15, 0.2) is 5.12 Å². The molecule has 1 amide bonds. The van der Waals surface area contributed by atoms with Crippen molar-refractivity contribution in [2.45, 2.75) is 26.8 Å². The van der Waals surface area contributed by atoms with Crippen molar-refractivity contribution in [3.8, 4) is 0 Å². The number of carbonyl (C=O) groups excluding carboxylic acids is 2. The highest BCUT2D eigenvalue weighted by Gasteiger charge is 2.32. The molecular formula is C16H19N3O2S2. The standard InChI is InChI=1S/C16H19N3O2S2/c1-11-3-4-14(23-11)9-19-15(5-6-17-19)18-8-13(7-16(18)21)10-22-12(2)20/h3-6,13H,7-10H2,1-2H3. The van der Waals surface area contributed by atoms with Crippen LogP contribution in [0.4, 0.5) is 5.82 Å². The molecule has 1 unspecified atom stereocenters. The van der Waals surface area contributed by atoms with Gasteiger partial charge in [0.1, 0.15) is 5.82 Å². The Labute approximate surface area is 143 Å². The van der Waals surface area contributed by atoms with Crippen LogP contribution in [0, 0.1) is 12.8 Å². The number of thiophene rings is 1. The molecule has 5 nitrogen and oxygen atoms in total. The predicted octanol–water partition coefficient (Wildman–Crippen LogP) is 2.93. The lowest BCUT2D eigenvalue weighted by atomic mass is 10.1. The number of anilines is 1. The van der Waals surface area contributed by atoms with Crippen molar-refractivity contribution in [1.29, 1.82) is 0 Å². The Kier molecular flexibility index (Phi) is 4.87. The number of aryl methyl sites for hydroxylation is 1. The van der Waals surface area contributed by atoms with Crippen LogP contribution in [-0.2, 0) is 16.1 Å². The monoisotopic (exact) mass is 349 g/mol. The number of nitrogens with zero attached hydrogens (tertiary/aromatic N) is 3. The molecule has 2 aromatic heterocycles. The minimum absolute atomic E-state index is 0.106. The van der Waals surface area contributed by atoms with E-state index in [4.69, 9.17) is 0 Å². The summed E-state index contributed by atoms with van der Waals surface area (Å²) in [7, 11) is 0. The molecule has 1 saturated heterocycles. The van der Waals surface area contributed by atoms with Gasteiger partial charge in [-0.25, -0.2) is 4.68 Å². The third-order valence-electron chi connectivity index (χ3n) is 3.80. The van der Waals surface area contributed by atoms with Crippen LogP contribution >= 0.6 is 23.1 Å². The molecule has 1 atom stereocenters. The summed E-state index contributed by atoms with van der Waals surface area (Å²) < 4.78 is 1.88.